The summed E-state index contributed by atoms with van der Waals surface area (Å²) in [6.45, 7) is 1.82. The maximum absolute atomic E-state index is 12.6. The van der Waals surface area contributed by atoms with Gasteiger partial charge in [-0.3, -0.25) is 9.59 Å². The number of amides is 2. The number of hydrogen-bond acceptors (Lipinski definition) is 2. The van der Waals surface area contributed by atoms with Crippen LogP contribution in [0.2, 0.25) is 0 Å². The van der Waals surface area contributed by atoms with E-state index in [0.717, 1.165) is 25.7 Å². The van der Waals surface area contributed by atoms with E-state index in [1.54, 1.807) is 0 Å². The fourth-order valence-corrected chi connectivity index (χ4v) is 4.33. The first-order chi connectivity index (χ1) is 9.68. The molecule has 3 fully saturated rings. The van der Waals surface area contributed by atoms with Crippen molar-refractivity contribution in [1.29, 1.82) is 0 Å². The normalized spacial score (nSPS) is 33.5. The lowest BCUT2D eigenvalue weighted by Gasteiger charge is -2.45. The molecule has 4 nitrogen and oxygen atoms in total. The zero-order valence-corrected chi connectivity index (χ0v) is 12.4. The van der Waals surface area contributed by atoms with Crippen LogP contribution >= 0.6 is 0 Å². The van der Waals surface area contributed by atoms with Crippen LogP contribution in [0, 0.1) is 5.92 Å². The van der Waals surface area contributed by atoms with Crippen molar-refractivity contribution in [3.05, 3.63) is 0 Å². The lowest BCUT2D eigenvalue weighted by Crippen LogP contribution is -2.66. The van der Waals surface area contributed by atoms with Crippen molar-refractivity contribution in [1.82, 2.24) is 10.2 Å². The smallest absolute Gasteiger partial charge is 0.245 e. The summed E-state index contributed by atoms with van der Waals surface area (Å²) in [5.74, 6) is 0.615. The quantitative estimate of drug-likeness (QED) is 0.842. The zero-order chi connectivity index (χ0) is 14.1. The molecule has 112 valence electrons. The summed E-state index contributed by atoms with van der Waals surface area (Å²) in [6.07, 6.45) is 10.4. The van der Waals surface area contributed by atoms with Gasteiger partial charge in [-0.2, -0.15) is 0 Å². The van der Waals surface area contributed by atoms with E-state index in [1.165, 1.54) is 32.1 Å². The van der Waals surface area contributed by atoms with Gasteiger partial charge in [0, 0.05) is 6.04 Å². The second-order valence-corrected chi connectivity index (χ2v) is 6.76. The second-order valence-electron chi connectivity index (χ2n) is 6.76. The Hall–Kier alpha value is -1.06. The van der Waals surface area contributed by atoms with Crippen molar-refractivity contribution in [3.8, 4) is 0 Å². The fraction of sp³-hybridized carbons (Fsp3) is 0.875. The Kier molecular flexibility index (Phi) is 3.99. The van der Waals surface area contributed by atoms with Crippen molar-refractivity contribution in [2.45, 2.75) is 82.8 Å². The van der Waals surface area contributed by atoms with E-state index in [2.05, 4.69) is 5.32 Å². The molecule has 3 aliphatic rings. The average molecular weight is 278 g/mol. The van der Waals surface area contributed by atoms with Crippen molar-refractivity contribution < 1.29 is 9.59 Å². The largest absolute Gasteiger partial charge is 0.343 e. The van der Waals surface area contributed by atoms with Gasteiger partial charge in [-0.05, 0) is 38.5 Å². The SMILES string of the molecule is CC1NC(=O)C(C2CCCCC2)N(C2CCCC2)C1=O. The van der Waals surface area contributed by atoms with Gasteiger partial charge in [-0.15, -0.1) is 0 Å². The van der Waals surface area contributed by atoms with E-state index < -0.39 is 0 Å². The first-order valence-electron chi connectivity index (χ1n) is 8.31. The molecule has 2 unspecified atom stereocenters. The number of hydrogen-bond donors (Lipinski definition) is 1. The zero-order valence-electron chi connectivity index (χ0n) is 12.4. The van der Waals surface area contributed by atoms with Gasteiger partial charge in [0.15, 0.2) is 0 Å². The topological polar surface area (TPSA) is 49.4 Å². The van der Waals surface area contributed by atoms with Gasteiger partial charge in [0.25, 0.3) is 0 Å². The highest BCUT2D eigenvalue weighted by Crippen LogP contribution is 2.35. The summed E-state index contributed by atoms with van der Waals surface area (Å²) in [6, 6.07) is -0.229. The van der Waals surface area contributed by atoms with Crippen molar-refractivity contribution in [3.63, 3.8) is 0 Å². The van der Waals surface area contributed by atoms with Crippen LogP contribution < -0.4 is 5.32 Å². The van der Waals surface area contributed by atoms with E-state index in [-0.39, 0.29) is 23.9 Å². The molecule has 1 saturated heterocycles. The molecule has 0 aromatic heterocycles. The summed E-state index contributed by atoms with van der Waals surface area (Å²) in [7, 11) is 0. The first-order valence-corrected chi connectivity index (χ1v) is 8.31. The van der Waals surface area contributed by atoms with Crippen LogP contribution in [0.15, 0.2) is 0 Å². The number of rotatable bonds is 2. The summed E-state index contributed by atoms with van der Waals surface area (Å²) in [5.41, 5.74) is 0. The molecule has 2 saturated carbocycles. The predicted octanol–water partition coefficient (Wildman–Crippen LogP) is 2.22. The molecule has 2 atom stereocenters. The Morgan fingerprint density at radius 2 is 1.55 bits per heavy atom. The molecule has 2 aliphatic carbocycles. The maximum atomic E-state index is 12.6. The number of nitrogens with one attached hydrogen (secondary N) is 1. The molecule has 0 spiro atoms. The van der Waals surface area contributed by atoms with Crippen molar-refractivity contribution in [2.75, 3.05) is 0 Å². The van der Waals surface area contributed by atoms with E-state index in [9.17, 15) is 9.59 Å². The highest BCUT2D eigenvalue weighted by Gasteiger charge is 2.46. The van der Waals surface area contributed by atoms with E-state index >= 15 is 0 Å². The lowest BCUT2D eigenvalue weighted by molar-refractivity contribution is -0.154. The molecule has 4 heteroatoms. The standard InChI is InChI=1S/C16H26N2O2/c1-11-16(20)18(13-9-5-6-10-13)14(15(19)17-11)12-7-3-2-4-8-12/h11-14H,2-10H2,1H3,(H,17,19). The number of carbonyl (C=O) groups excluding carboxylic acids is 2. The van der Waals surface area contributed by atoms with Gasteiger partial charge in [-0.25, -0.2) is 0 Å². The molecule has 0 aromatic carbocycles. The van der Waals surface area contributed by atoms with Gasteiger partial charge in [0.05, 0.1) is 0 Å². The van der Waals surface area contributed by atoms with E-state index in [1.807, 2.05) is 11.8 Å². The summed E-state index contributed by atoms with van der Waals surface area (Å²) >= 11 is 0. The number of piperazine rings is 1. The van der Waals surface area contributed by atoms with Crippen LogP contribution in [-0.2, 0) is 9.59 Å². The molecular weight excluding hydrogens is 252 g/mol. The third-order valence-corrected chi connectivity index (χ3v) is 5.37. The van der Waals surface area contributed by atoms with Crippen molar-refractivity contribution in [2.24, 2.45) is 5.92 Å². The van der Waals surface area contributed by atoms with Crippen LogP contribution in [0.3, 0.4) is 0 Å². The van der Waals surface area contributed by atoms with Crippen LogP contribution in [0.25, 0.3) is 0 Å². The minimum absolute atomic E-state index is 0.0934. The fourth-order valence-electron chi connectivity index (χ4n) is 4.33. The highest BCUT2D eigenvalue weighted by atomic mass is 16.2. The third-order valence-electron chi connectivity index (χ3n) is 5.37. The number of nitrogens with zero attached hydrogens (tertiary/aromatic N) is 1. The molecular formula is C16H26N2O2. The monoisotopic (exact) mass is 278 g/mol. The van der Waals surface area contributed by atoms with Crippen LogP contribution in [0.5, 0.6) is 0 Å². The molecule has 0 aromatic rings. The Balaban J connectivity index is 1.85. The van der Waals surface area contributed by atoms with Crippen molar-refractivity contribution >= 4 is 11.8 Å². The Morgan fingerprint density at radius 1 is 0.950 bits per heavy atom. The Bertz CT molecular complexity index is 384. The second kappa shape index (κ2) is 5.74. The molecule has 20 heavy (non-hydrogen) atoms. The minimum Gasteiger partial charge on any atom is -0.343 e. The van der Waals surface area contributed by atoms with Gasteiger partial charge in [0.1, 0.15) is 12.1 Å². The number of carbonyl (C=O) groups is 2. The highest BCUT2D eigenvalue weighted by molar-refractivity contribution is 5.97. The van der Waals surface area contributed by atoms with Gasteiger partial charge in [0.2, 0.25) is 11.8 Å². The lowest BCUT2D eigenvalue weighted by atomic mass is 9.81. The van der Waals surface area contributed by atoms with E-state index in [0.29, 0.717) is 12.0 Å². The Labute approximate surface area is 121 Å². The van der Waals surface area contributed by atoms with E-state index in [4.69, 9.17) is 0 Å². The predicted molar refractivity (Wildman–Crippen MR) is 77.1 cm³/mol. The Morgan fingerprint density at radius 3 is 2.20 bits per heavy atom. The van der Waals surface area contributed by atoms with Crippen LogP contribution in [0.1, 0.15) is 64.7 Å². The molecule has 3 rings (SSSR count). The van der Waals surface area contributed by atoms with Gasteiger partial charge in [-0.1, -0.05) is 32.1 Å². The molecule has 2 amide bonds. The van der Waals surface area contributed by atoms with Crippen LogP contribution in [-0.4, -0.2) is 34.8 Å². The van der Waals surface area contributed by atoms with Gasteiger partial charge >= 0.3 is 0 Å². The summed E-state index contributed by atoms with van der Waals surface area (Å²) in [4.78, 5) is 27.1. The summed E-state index contributed by atoms with van der Waals surface area (Å²) < 4.78 is 0. The average Bonchev–Trinajstić information content (AvgIpc) is 2.97. The maximum Gasteiger partial charge on any atom is 0.245 e. The van der Waals surface area contributed by atoms with Crippen LogP contribution in [0.4, 0.5) is 0 Å². The third kappa shape index (κ3) is 2.45. The molecule has 1 heterocycles. The minimum atomic E-state index is -0.344. The molecule has 0 bridgehead atoms. The molecule has 0 radical (unpaired) electrons. The molecule has 1 aliphatic heterocycles. The molecule has 1 N–H and O–H groups in total. The van der Waals surface area contributed by atoms with Gasteiger partial charge < -0.3 is 10.2 Å². The summed E-state index contributed by atoms with van der Waals surface area (Å²) in [5, 5.41) is 2.90. The first kappa shape index (κ1) is 13.9.